The van der Waals surface area contributed by atoms with Crippen LogP contribution in [0.5, 0.6) is 0 Å². The minimum atomic E-state index is -0.0865. The first-order valence-corrected chi connectivity index (χ1v) is 8.51. The highest BCUT2D eigenvalue weighted by Crippen LogP contribution is 2.25. The molecule has 0 amide bonds. The van der Waals surface area contributed by atoms with E-state index in [0.717, 1.165) is 32.4 Å². The van der Waals surface area contributed by atoms with E-state index in [2.05, 4.69) is 0 Å². The van der Waals surface area contributed by atoms with Gasteiger partial charge in [-0.1, -0.05) is 19.3 Å². The molecule has 21 heavy (non-hydrogen) atoms. The molecule has 2 aliphatic heterocycles. The van der Waals surface area contributed by atoms with Crippen LogP contribution in [0.4, 0.5) is 0 Å². The Hall–Kier alpha value is -0.650. The quantitative estimate of drug-likeness (QED) is 0.797. The number of nitrogens with zero attached hydrogens (tertiary/aromatic N) is 1. The molecular formula is C16H27NO4. The summed E-state index contributed by atoms with van der Waals surface area (Å²) in [5.41, 5.74) is 0. The Balaban J connectivity index is 1.38. The van der Waals surface area contributed by atoms with E-state index in [1.165, 1.54) is 32.1 Å². The summed E-state index contributed by atoms with van der Waals surface area (Å²) < 4.78 is 11.4. The molecule has 2 saturated heterocycles. The molecule has 5 nitrogen and oxygen atoms in total. The molecule has 0 radical (unpaired) electrons. The van der Waals surface area contributed by atoms with E-state index in [0.29, 0.717) is 19.3 Å². The third-order valence-corrected chi connectivity index (χ3v) is 4.82. The van der Waals surface area contributed by atoms with Crippen molar-refractivity contribution in [3.63, 3.8) is 0 Å². The van der Waals surface area contributed by atoms with Gasteiger partial charge in [0.1, 0.15) is 0 Å². The molecule has 3 fully saturated rings. The van der Waals surface area contributed by atoms with Gasteiger partial charge in [0.25, 0.3) is 0 Å². The topological polar surface area (TPSA) is 48.0 Å². The maximum absolute atomic E-state index is 12.1. The van der Waals surface area contributed by atoms with Crippen LogP contribution in [-0.2, 0) is 19.1 Å². The van der Waals surface area contributed by atoms with Crippen molar-refractivity contribution in [1.29, 1.82) is 0 Å². The molecule has 3 rings (SSSR count). The van der Waals surface area contributed by atoms with Crippen LogP contribution in [0.15, 0.2) is 0 Å². The van der Waals surface area contributed by atoms with E-state index >= 15 is 0 Å². The highest BCUT2D eigenvalue weighted by atomic mass is 16.7. The van der Waals surface area contributed by atoms with Crippen molar-refractivity contribution in [1.82, 2.24) is 5.06 Å². The van der Waals surface area contributed by atoms with Gasteiger partial charge in [-0.25, -0.2) is 0 Å². The van der Waals surface area contributed by atoms with Crippen molar-refractivity contribution >= 4 is 5.97 Å². The zero-order valence-corrected chi connectivity index (χ0v) is 12.8. The van der Waals surface area contributed by atoms with Crippen molar-refractivity contribution in [2.75, 3.05) is 26.3 Å². The molecule has 0 unspecified atom stereocenters. The van der Waals surface area contributed by atoms with Crippen molar-refractivity contribution in [3.05, 3.63) is 0 Å². The Labute approximate surface area is 126 Å². The van der Waals surface area contributed by atoms with Crippen LogP contribution in [-0.4, -0.2) is 49.5 Å². The molecule has 1 aliphatic carbocycles. The summed E-state index contributed by atoms with van der Waals surface area (Å²) in [7, 11) is 0. The Morgan fingerprint density at radius 3 is 2.48 bits per heavy atom. The van der Waals surface area contributed by atoms with Crippen molar-refractivity contribution < 1.29 is 19.1 Å². The minimum Gasteiger partial charge on any atom is -0.381 e. The monoisotopic (exact) mass is 297 g/mol. The zero-order chi connectivity index (χ0) is 14.5. The normalized spacial score (nSPS) is 29.6. The summed E-state index contributed by atoms with van der Waals surface area (Å²) in [5, 5.41) is 1.80. The van der Waals surface area contributed by atoms with E-state index in [9.17, 15) is 4.79 Å². The van der Waals surface area contributed by atoms with Gasteiger partial charge in [-0.2, -0.15) is 0 Å². The molecule has 1 saturated carbocycles. The average molecular weight is 297 g/mol. The molecule has 0 aromatic carbocycles. The maximum Gasteiger partial charge on any atom is 0.328 e. The first-order valence-electron chi connectivity index (χ1n) is 8.51. The molecule has 2 heterocycles. The van der Waals surface area contributed by atoms with Crippen LogP contribution < -0.4 is 0 Å². The summed E-state index contributed by atoms with van der Waals surface area (Å²) in [5.74, 6) is -0.0753. The van der Waals surface area contributed by atoms with Gasteiger partial charge in [-0.3, -0.25) is 4.79 Å². The smallest absolute Gasteiger partial charge is 0.328 e. The van der Waals surface area contributed by atoms with Gasteiger partial charge in [0, 0.05) is 19.8 Å². The molecule has 3 aliphatic rings. The standard InChI is InChI=1S/C16H27NO4/c18-16(13-7-10-19-11-8-13)21-17-9-6-15(12-17)20-14-4-2-1-3-5-14/h13-15H,1-12H2/t15-/m1/s1. The Morgan fingerprint density at radius 2 is 1.71 bits per heavy atom. The third-order valence-electron chi connectivity index (χ3n) is 4.82. The van der Waals surface area contributed by atoms with Crippen molar-refractivity contribution in [2.24, 2.45) is 5.92 Å². The maximum atomic E-state index is 12.1. The van der Waals surface area contributed by atoms with E-state index in [1.807, 2.05) is 0 Å². The predicted molar refractivity (Wildman–Crippen MR) is 77.6 cm³/mol. The fraction of sp³-hybridized carbons (Fsp3) is 0.938. The van der Waals surface area contributed by atoms with E-state index in [-0.39, 0.29) is 18.0 Å². The van der Waals surface area contributed by atoms with E-state index in [4.69, 9.17) is 14.3 Å². The van der Waals surface area contributed by atoms with Crippen LogP contribution in [0.25, 0.3) is 0 Å². The number of hydrogen-bond acceptors (Lipinski definition) is 5. The van der Waals surface area contributed by atoms with Gasteiger partial charge < -0.3 is 14.3 Å². The zero-order valence-electron chi connectivity index (χ0n) is 12.8. The molecule has 1 atom stereocenters. The van der Waals surface area contributed by atoms with Crippen LogP contribution in [0.3, 0.4) is 0 Å². The Morgan fingerprint density at radius 1 is 0.952 bits per heavy atom. The first-order chi connectivity index (χ1) is 10.3. The summed E-state index contributed by atoms with van der Waals surface area (Å²) in [6, 6.07) is 0. The summed E-state index contributed by atoms with van der Waals surface area (Å²) in [4.78, 5) is 17.6. The van der Waals surface area contributed by atoms with Crippen LogP contribution in [0, 0.1) is 5.92 Å². The second-order valence-electron chi connectivity index (χ2n) is 6.49. The lowest BCUT2D eigenvalue weighted by Gasteiger charge is -2.26. The van der Waals surface area contributed by atoms with Gasteiger partial charge in [0.15, 0.2) is 0 Å². The largest absolute Gasteiger partial charge is 0.381 e. The highest BCUT2D eigenvalue weighted by Gasteiger charge is 2.31. The van der Waals surface area contributed by atoms with Crippen molar-refractivity contribution in [2.45, 2.75) is 63.6 Å². The molecule has 120 valence electrons. The molecule has 0 aromatic rings. The summed E-state index contributed by atoms with van der Waals surface area (Å²) >= 11 is 0. The fourth-order valence-corrected chi connectivity index (χ4v) is 3.50. The number of carbonyl (C=O) groups excluding carboxylic acids is 1. The first kappa shape index (κ1) is 15.3. The highest BCUT2D eigenvalue weighted by molar-refractivity contribution is 5.72. The minimum absolute atomic E-state index is 0.0112. The van der Waals surface area contributed by atoms with Gasteiger partial charge in [-0.15, -0.1) is 5.06 Å². The van der Waals surface area contributed by atoms with Gasteiger partial charge >= 0.3 is 5.97 Å². The lowest BCUT2D eigenvalue weighted by molar-refractivity contribution is -0.195. The van der Waals surface area contributed by atoms with E-state index < -0.39 is 0 Å². The SMILES string of the molecule is O=C(ON1CC[C@@H](OC2CCCCC2)C1)C1CCOCC1. The number of ether oxygens (including phenoxy) is 2. The average Bonchev–Trinajstić information content (AvgIpc) is 2.96. The number of hydroxylamine groups is 2. The number of hydrogen-bond donors (Lipinski definition) is 0. The molecule has 5 heteroatoms. The summed E-state index contributed by atoms with van der Waals surface area (Å²) in [6.45, 7) is 2.87. The molecular weight excluding hydrogens is 270 g/mol. The lowest BCUT2D eigenvalue weighted by Crippen LogP contribution is -2.33. The third kappa shape index (κ3) is 4.41. The molecule has 0 N–H and O–H groups in total. The Bertz CT molecular complexity index is 337. The number of rotatable bonds is 4. The second-order valence-corrected chi connectivity index (χ2v) is 6.49. The van der Waals surface area contributed by atoms with Gasteiger partial charge in [0.2, 0.25) is 0 Å². The van der Waals surface area contributed by atoms with Gasteiger partial charge in [0.05, 0.1) is 24.7 Å². The molecule has 0 aromatic heterocycles. The van der Waals surface area contributed by atoms with Gasteiger partial charge in [-0.05, 0) is 32.1 Å². The van der Waals surface area contributed by atoms with Crippen LogP contribution in [0.2, 0.25) is 0 Å². The van der Waals surface area contributed by atoms with Crippen molar-refractivity contribution in [3.8, 4) is 0 Å². The fourth-order valence-electron chi connectivity index (χ4n) is 3.50. The lowest BCUT2D eigenvalue weighted by atomic mass is 9.97. The Kier molecular flexibility index (Phi) is 5.49. The van der Waals surface area contributed by atoms with Crippen LogP contribution >= 0.6 is 0 Å². The van der Waals surface area contributed by atoms with E-state index in [1.54, 1.807) is 5.06 Å². The molecule has 0 spiro atoms. The van der Waals surface area contributed by atoms with Crippen LogP contribution in [0.1, 0.15) is 51.4 Å². The second kappa shape index (κ2) is 7.56. The number of carbonyl (C=O) groups is 1. The molecule has 0 bridgehead atoms. The predicted octanol–water partition coefficient (Wildman–Crippen LogP) is 2.29. The summed E-state index contributed by atoms with van der Waals surface area (Å²) in [6.07, 6.45) is 9.52.